The van der Waals surface area contributed by atoms with Gasteiger partial charge >= 0.3 is 5.97 Å². The van der Waals surface area contributed by atoms with Crippen LogP contribution in [-0.2, 0) is 4.79 Å². The molecule has 0 bridgehead atoms. The summed E-state index contributed by atoms with van der Waals surface area (Å²) in [5, 5.41) is 11.5. The second-order valence-electron chi connectivity index (χ2n) is 4.26. The third-order valence-electron chi connectivity index (χ3n) is 2.57. The Bertz CT molecular complexity index is 425. The standard InChI is InChI=1S/C13H17NO4/c1-8(2)11(13(16)17)14-12(15)9-4-6-10(18-3)7-5-9/h4-8,11H,1-3H3,(H,14,15)(H,16,17)/t11-/m1/s1. The van der Waals surface area contributed by atoms with Gasteiger partial charge in [0.15, 0.2) is 0 Å². The number of carbonyl (C=O) groups is 2. The molecule has 2 N–H and O–H groups in total. The van der Waals surface area contributed by atoms with Gasteiger partial charge in [-0.25, -0.2) is 4.79 Å². The third-order valence-corrected chi connectivity index (χ3v) is 2.57. The maximum absolute atomic E-state index is 11.8. The van der Waals surface area contributed by atoms with Gasteiger partial charge in [-0.3, -0.25) is 4.79 Å². The number of amides is 1. The molecule has 0 aliphatic heterocycles. The fourth-order valence-corrected chi connectivity index (χ4v) is 1.48. The maximum atomic E-state index is 11.8. The van der Waals surface area contributed by atoms with Gasteiger partial charge in [0.25, 0.3) is 5.91 Å². The zero-order chi connectivity index (χ0) is 13.7. The van der Waals surface area contributed by atoms with Gasteiger partial charge in [0.2, 0.25) is 0 Å². The van der Waals surface area contributed by atoms with Crippen LogP contribution < -0.4 is 10.1 Å². The topological polar surface area (TPSA) is 75.6 Å². The Kier molecular flexibility index (Phi) is 4.71. The van der Waals surface area contributed by atoms with Crippen molar-refractivity contribution in [3.05, 3.63) is 29.8 Å². The second kappa shape index (κ2) is 6.05. The Labute approximate surface area is 106 Å². The highest BCUT2D eigenvalue weighted by molar-refractivity contribution is 5.96. The number of carboxylic acid groups (broad SMARTS) is 1. The van der Waals surface area contributed by atoms with E-state index in [4.69, 9.17) is 9.84 Å². The number of carbonyl (C=O) groups excluding carboxylic acids is 1. The van der Waals surface area contributed by atoms with Crippen molar-refractivity contribution in [1.82, 2.24) is 5.32 Å². The van der Waals surface area contributed by atoms with Crippen LogP contribution in [0, 0.1) is 5.92 Å². The largest absolute Gasteiger partial charge is 0.497 e. The summed E-state index contributed by atoms with van der Waals surface area (Å²) < 4.78 is 4.98. The van der Waals surface area contributed by atoms with Crippen molar-refractivity contribution in [3.8, 4) is 5.75 Å². The number of benzene rings is 1. The molecule has 0 aliphatic rings. The van der Waals surface area contributed by atoms with E-state index in [0.29, 0.717) is 11.3 Å². The summed E-state index contributed by atoms with van der Waals surface area (Å²) in [5.41, 5.74) is 0.405. The van der Waals surface area contributed by atoms with E-state index in [2.05, 4.69) is 5.32 Å². The molecule has 0 saturated heterocycles. The van der Waals surface area contributed by atoms with Crippen LogP contribution in [0.3, 0.4) is 0 Å². The number of methoxy groups -OCH3 is 1. The summed E-state index contributed by atoms with van der Waals surface area (Å²) in [7, 11) is 1.54. The first kappa shape index (κ1) is 14.0. The van der Waals surface area contributed by atoms with Gasteiger partial charge in [-0.2, -0.15) is 0 Å². The lowest BCUT2D eigenvalue weighted by molar-refractivity contribution is -0.140. The molecule has 5 heteroatoms. The lowest BCUT2D eigenvalue weighted by Gasteiger charge is -2.17. The highest BCUT2D eigenvalue weighted by Gasteiger charge is 2.23. The van der Waals surface area contributed by atoms with Gasteiger partial charge in [-0.1, -0.05) is 13.8 Å². The molecule has 1 aromatic carbocycles. The van der Waals surface area contributed by atoms with E-state index >= 15 is 0 Å². The van der Waals surface area contributed by atoms with Crippen molar-refractivity contribution in [1.29, 1.82) is 0 Å². The van der Waals surface area contributed by atoms with Crippen molar-refractivity contribution in [2.75, 3.05) is 7.11 Å². The summed E-state index contributed by atoms with van der Waals surface area (Å²) in [6, 6.07) is 5.60. The Morgan fingerprint density at radius 2 is 1.78 bits per heavy atom. The number of hydrogen-bond donors (Lipinski definition) is 2. The molecule has 0 spiro atoms. The number of aliphatic carboxylic acids is 1. The van der Waals surface area contributed by atoms with Crippen LogP contribution in [-0.4, -0.2) is 30.1 Å². The van der Waals surface area contributed by atoms with E-state index in [1.54, 1.807) is 38.1 Å². The molecule has 1 rings (SSSR count). The fraction of sp³-hybridized carbons (Fsp3) is 0.385. The van der Waals surface area contributed by atoms with Crippen molar-refractivity contribution in [3.63, 3.8) is 0 Å². The van der Waals surface area contributed by atoms with Crippen LogP contribution in [0.5, 0.6) is 5.75 Å². The van der Waals surface area contributed by atoms with Crippen molar-refractivity contribution in [2.45, 2.75) is 19.9 Å². The Morgan fingerprint density at radius 1 is 1.22 bits per heavy atom. The van der Waals surface area contributed by atoms with Gasteiger partial charge in [-0.05, 0) is 30.2 Å². The zero-order valence-electron chi connectivity index (χ0n) is 10.6. The van der Waals surface area contributed by atoms with Crippen LogP contribution in [0.4, 0.5) is 0 Å². The number of hydrogen-bond acceptors (Lipinski definition) is 3. The predicted octanol–water partition coefficient (Wildman–Crippen LogP) is 1.53. The quantitative estimate of drug-likeness (QED) is 0.832. The Hall–Kier alpha value is -2.04. The number of ether oxygens (including phenoxy) is 1. The van der Waals surface area contributed by atoms with Crippen LogP contribution in [0.2, 0.25) is 0 Å². The maximum Gasteiger partial charge on any atom is 0.326 e. The number of nitrogens with one attached hydrogen (secondary N) is 1. The minimum absolute atomic E-state index is 0.176. The van der Waals surface area contributed by atoms with E-state index in [1.165, 1.54) is 7.11 Å². The molecule has 98 valence electrons. The van der Waals surface area contributed by atoms with E-state index in [0.717, 1.165) is 0 Å². The summed E-state index contributed by atoms with van der Waals surface area (Å²) in [6.07, 6.45) is 0. The molecule has 0 aliphatic carbocycles. The van der Waals surface area contributed by atoms with E-state index in [1.807, 2.05) is 0 Å². The van der Waals surface area contributed by atoms with Crippen molar-refractivity contribution >= 4 is 11.9 Å². The Balaban J connectivity index is 2.77. The van der Waals surface area contributed by atoms with E-state index in [-0.39, 0.29) is 5.92 Å². The number of rotatable bonds is 5. The lowest BCUT2D eigenvalue weighted by atomic mass is 10.0. The first-order chi connectivity index (χ1) is 8.45. The zero-order valence-corrected chi connectivity index (χ0v) is 10.6. The molecule has 0 radical (unpaired) electrons. The van der Waals surface area contributed by atoms with Gasteiger partial charge < -0.3 is 15.2 Å². The SMILES string of the molecule is COc1ccc(C(=O)N[C@@H](C(=O)O)C(C)C)cc1. The molecular formula is C13H17NO4. The molecule has 5 nitrogen and oxygen atoms in total. The van der Waals surface area contributed by atoms with Crippen molar-refractivity contribution in [2.24, 2.45) is 5.92 Å². The van der Waals surface area contributed by atoms with Crippen LogP contribution in [0.1, 0.15) is 24.2 Å². The minimum atomic E-state index is -1.04. The molecular weight excluding hydrogens is 234 g/mol. The molecule has 0 unspecified atom stereocenters. The Morgan fingerprint density at radius 3 is 2.17 bits per heavy atom. The monoisotopic (exact) mass is 251 g/mol. The van der Waals surface area contributed by atoms with Crippen LogP contribution >= 0.6 is 0 Å². The molecule has 1 amide bonds. The highest BCUT2D eigenvalue weighted by Crippen LogP contribution is 2.12. The molecule has 0 saturated carbocycles. The summed E-state index contributed by atoms with van der Waals surface area (Å²) in [6.45, 7) is 3.49. The average Bonchev–Trinajstić information content (AvgIpc) is 2.35. The first-order valence-corrected chi connectivity index (χ1v) is 5.63. The third kappa shape index (κ3) is 3.48. The van der Waals surface area contributed by atoms with E-state index in [9.17, 15) is 9.59 Å². The highest BCUT2D eigenvalue weighted by atomic mass is 16.5. The predicted molar refractivity (Wildman–Crippen MR) is 66.7 cm³/mol. The minimum Gasteiger partial charge on any atom is -0.497 e. The van der Waals surface area contributed by atoms with Crippen LogP contribution in [0.25, 0.3) is 0 Å². The normalized spacial score (nSPS) is 12.0. The van der Waals surface area contributed by atoms with E-state index < -0.39 is 17.9 Å². The molecule has 0 heterocycles. The molecule has 18 heavy (non-hydrogen) atoms. The molecule has 0 aromatic heterocycles. The number of carboxylic acids is 1. The van der Waals surface area contributed by atoms with Gasteiger partial charge in [0.1, 0.15) is 11.8 Å². The molecule has 1 atom stereocenters. The molecule has 1 aromatic rings. The summed E-state index contributed by atoms with van der Waals surface area (Å²) in [5.74, 6) is -0.972. The van der Waals surface area contributed by atoms with Crippen molar-refractivity contribution < 1.29 is 19.4 Å². The lowest BCUT2D eigenvalue weighted by Crippen LogP contribution is -2.44. The summed E-state index contributed by atoms with van der Waals surface area (Å²) in [4.78, 5) is 22.8. The van der Waals surface area contributed by atoms with Gasteiger partial charge in [-0.15, -0.1) is 0 Å². The second-order valence-corrected chi connectivity index (χ2v) is 4.26. The van der Waals surface area contributed by atoms with Gasteiger partial charge in [0, 0.05) is 5.56 Å². The van der Waals surface area contributed by atoms with Gasteiger partial charge in [0.05, 0.1) is 7.11 Å². The summed E-state index contributed by atoms with van der Waals surface area (Å²) >= 11 is 0. The average molecular weight is 251 g/mol. The molecule has 0 fully saturated rings. The fourth-order valence-electron chi connectivity index (χ4n) is 1.48. The van der Waals surface area contributed by atoms with Crippen LogP contribution in [0.15, 0.2) is 24.3 Å². The first-order valence-electron chi connectivity index (χ1n) is 5.63. The smallest absolute Gasteiger partial charge is 0.326 e.